The van der Waals surface area contributed by atoms with Gasteiger partial charge in [-0.2, -0.15) is 0 Å². The molecule has 0 N–H and O–H groups in total. The van der Waals surface area contributed by atoms with Gasteiger partial charge in [-0.05, 0) is 37.8 Å². The number of hydrogen-bond donors (Lipinski definition) is 0. The summed E-state index contributed by atoms with van der Waals surface area (Å²) in [5.74, 6) is -2.19. The van der Waals surface area contributed by atoms with Crippen LogP contribution in [0.3, 0.4) is 0 Å². The molecule has 2 aromatic rings. The molecule has 0 fully saturated rings. The number of aromatic nitrogens is 1. The molecule has 1 aromatic heterocycles. The van der Waals surface area contributed by atoms with Gasteiger partial charge >= 0.3 is 59.1 Å². The van der Waals surface area contributed by atoms with E-state index >= 15 is 0 Å². The molecule has 1 aromatic carbocycles. The monoisotopic (exact) mass is 350 g/mol. The Hall–Kier alpha value is -0.570. The summed E-state index contributed by atoms with van der Waals surface area (Å²) in [6.45, 7) is 0.974. The number of anilines is 1. The molecule has 0 amide bonds. The van der Waals surface area contributed by atoms with E-state index in [1.54, 1.807) is 12.1 Å². The van der Waals surface area contributed by atoms with Gasteiger partial charge in [0.05, 0.1) is 0 Å². The maximum Gasteiger partial charge on any atom is 1.00 e. The van der Waals surface area contributed by atoms with E-state index in [0.717, 1.165) is 11.2 Å². The first kappa shape index (κ1) is 23.4. The number of oxazole rings is 1. The Morgan fingerprint density at radius 2 is 1.62 bits per heavy atom. The molecule has 0 saturated carbocycles. The zero-order valence-corrected chi connectivity index (χ0v) is 18.0. The van der Waals surface area contributed by atoms with Crippen LogP contribution in [0.15, 0.2) is 29.0 Å². The van der Waals surface area contributed by atoms with Crippen LogP contribution < -0.4 is 74.2 Å². The van der Waals surface area contributed by atoms with Gasteiger partial charge in [-0.15, -0.1) is 0 Å². The van der Waals surface area contributed by atoms with Crippen molar-refractivity contribution < 1.29 is 83.3 Å². The van der Waals surface area contributed by atoms with E-state index in [1.807, 2.05) is 11.0 Å². The molecule has 0 atom stereocenters. The number of carboxylic acids is 2. The third-order valence-corrected chi connectivity index (χ3v) is 3.30. The molecule has 7 nitrogen and oxygen atoms in total. The first-order chi connectivity index (χ1) is 10.6. The number of rotatable bonds is 9. The fourth-order valence-corrected chi connectivity index (χ4v) is 2.24. The van der Waals surface area contributed by atoms with Gasteiger partial charge in [0.2, 0.25) is 0 Å². The van der Waals surface area contributed by atoms with E-state index in [9.17, 15) is 19.8 Å². The van der Waals surface area contributed by atoms with E-state index in [1.165, 1.54) is 6.39 Å². The Morgan fingerprint density at radius 3 is 2.17 bits per heavy atom. The maximum absolute atomic E-state index is 10.5. The number of hydrogen-bond acceptors (Lipinski definition) is 7. The van der Waals surface area contributed by atoms with Crippen LogP contribution in [0.25, 0.3) is 11.1 Å². The van der Waals surface area contributed by atoms with Gasteiger partial charge in [0.1, 0.15) is 5.52 Å². The standard InChI is InChI=1S/C15H18N2O5.2Na/c18-14(19)3-1-7-17(8-2-4-15(20)21)11-5-6-12-13(9-11)22-10-16-12;;/h5-6,9-10H,1-4,7-8H2,(H,18,19)(H,20,21);;/q;2*+1/p-2. The number of fused-ring (bicyclic) bond motifs is 1. The summed E-state index contributed by atoms with van der Waals surface area (Å²) in [6.07, 6.45) is 2.11. The number of carbonyl (C=O) groups is 2. The molecule has 0 bridgehead atoms. The average molecular weight is 350 g/mol. The third kappa shape index (κ3) is 7.55. The van der Waals surface area contributed by atoms with Gasteiger partial charge < -0.3 is 29.1 Å². The van der Waals surface area contributed by atoms with Crippen molar-refractivity contribution >= 4 is 28.7 Å². The molecule has 0 aliphatic rings. The molecule has 118 valence electrons. The average Bonchev–Trinajstić information content (AvgIpc) is 2.92. The Bertz CT molecular complexity index is 642. The van der Waals surface area contributed by atoms with E-state index in [-0.39, 0.29) is 72.0 Å². The normalized spacial score (nSPS) is 9.83. The summed E-state index contributed by atoms with van der Waals surface area (Å²) in [4.78, 5) is 27.0. The van der Waals surface area contributed by atoms with E-state index in [2.05, 4.69) is 4.98 Å². The molecule has 2 rings (SSSR count). The smallest absolute Gasteiger partial charge is 0.550 e. The second-order valence-corrected chi connectivity index (χ2v) is 4.94. The van der Waals surface area contributed by atoms with E-state index in [0.29, 0.717) is 31.5 Å². The van der Waals surface area contributed by atoms with E-state index in [4.69, 9.17) is 4.42 Å². The second-order valence-electron chi connectivity index (χ2n) is 4.94. The summed E-state index contributed by atoms with van der Waals surface area (Å²) < 4.78 is 5.25. The Balaban J connectivity index is 0.00000264. The van der Waals surface area contributed by atoms with Crippen molar-refractivity contribution in [3.63, 3.8) is 0 Å². The van der Waals surface area contributed by atoms with Gasteiger partial charge in [0, 0.05) is 36.8 Å². The fraction of sp³-hybridized carbons (Fsp3) is 0.400. The van der Waals surface area contributed by atoms with Crippen molar-refractivity contribution in [1.29, 1.82) is 0 Å². The maximum atomic E-state index is 10.5. The zero-order valence-electron chi connectivity index (χ0n) is 14.0. The Kier molecular flexibility index (Phi) is 11.6. The molecule has 0 aliphatic heterocycles. The van der Waals surface area contributed by atoms with Crippen LogP contribution in [0.1, 0.15) is 25.7 Å². The molecule has 1 heterocycles. The van der Waals surface area contributed by atoms with Crippen molar-refractivity contribution in [2.24, 2.45) is 0 Å². The second kappa shape index (κ2) is 11.9. The minimum Gasteiger partial charge on any atom is -0.550 e. The number of carbonyl (C=O) groups excluding carboxylic acids is 2. The van der Waals surface area contributed by atoms with E-state index < -0.39 is 11.9 Å². The quantitative estimate of drug-likeness (QED) is 0.414. The van der Waals surface area contributed by atoms with Gasteiger partial charge in [0.25, 0.3) is 0 Å². The number of benzene rings is 1. The zero-order chi connectivity index (χ0) is 15.9. The van der Waals surface area contributed by atoms with Crippen LogP contribution in [0.4, 0.5) is 5.69 Å². The number of carboxylic acid groups (broad SMARTS) is 2. The first-order valence-electron chi connectivity index (χ1n) is 7.04. The van der Waals surface area contributed by atoms with Crippen LogP contribution in [-0.2, 0) is 9.59 Å². The van der Waals surface area contributed by atoms with Gasteiger partial charge in [0.15, 0.2) is 12.0 Å². The van der Waals surface area contributed by atoms with Crippen molar-refractivity contribution in [1.82, 2.24) is 4.98 Å². The van der Waals surface area contributed by atoms with Gasteiger partial charge in [-0.1, -0.05) is 0 Å². The van der Waals surface area contributed by atoms with Crippen molar-refractivity contribution in [3.05, 3.63) is 24.6 Å². The van der Waals surface area contributed by atoms with Crippen LogP contribution in [-0.4, -0.2) is 30.0 Å². The molecule has 0 saturated heterocycles. The first-order valence-corrected chi connectivity index (χ1v) is 7.04. The molecule has 0 radical (unpaired) electrons. The molecular weight excluding hydrogens is 334 g/mol. The predicted molar refractivity (Wildman–Crippen MR) is 74.7 cm³/mol. The third-order valence-electron chi connectivity index (χ3n) is 3.30. The molecule has 24 heavy (non-hydrogen) atoms. The largest absolute Gasteiger partial charge is 1.00 e. The predicted octanol–water partition coefficient (Wildman–Crippen LogP) is -6.30. The molecule has 0 unspecified atom stereocenters. The van der Waals surface area contributed by atoms with Crippen LogP contribution >= 0.6 is 0 Å². The molecule has 0 spiro atoms. The fourth-order valence-electron chi connectivity index (χ4n) is 2.24. The summed E-state index contributed by atoms with van der Waals surface area (Å²) in [7, 11) is 0. The Labute approximate surface area is 184 Å². The van der Waals surface area contributed by atoms with Crippen LogP contribution in [0.2, 0.25) is 0 Å². The molecule has 0 aliphatic carbocycles. The topological polar surface area (TPSA) is 110 Å². The summed E-state index contributed by atoms with van der Waals surface area (Å²) in [6, 6.07) is 5.46. The number of nitrogens with zero attached hydrogens (tertiary/aromatic N) is 2. The summed E-state index contributed by atoms with van der Waals surface area (Å²) in [5.41, 5.74) is 2.19. The number of aliphatic carboxylic acids is 2. The van der Waals surface area contributed by atoms with Crippen molar-refractivity contribution in [2.75, 3.05) is 18.0 Å². The van der Waals surface area contributed by atoms with Crippen LogP contribution in [0.5, 0.6) is 0 Å². The SMILES string of the molecule is O=C([O-])CCCN(CCCC(=O)[O-])c1ccc2ncoc2c1.[Na+].[Na+]. The Morgan fingerprint density at radius 1 is 1.04 bits per heavy atom. The minimum absolute atomic E-state index is 0. The van der Waals surface area contributed by atoms with Gasteiger partial charge in [-0.25, -0.2) is 4.98 Å². The molecular formula is C15H16N2Na2O5. The van der Waals surface area contributed by atoms with Crippen molar-refractivity contribution in [3.8, 4) is 0 Å². The summed E-state index contributed by atoms with van der Waals surface area (Å²) >= 11 is 0. The van der Waals surface area contributed by atoms with Crippen molar-refractivity contribution in [2.45, 2.75) is 25.7 Å². The van der Waals surface area contributed by atoms with Crippen LogP contribution in [0, 0.1) is 0 Å². The summed E-state index contributed by atoms with van der Waals surface area (Å²) in [5, 5.41) is 21.0. The minimum atomic E-state index is -1.10. The molecule has 9 heteroatoms. The van der Waals surface area contributed by atoms with Gasteiger partial charge in [-0.3, -0.25) is 0 Å².